The predicted molar refractivity (Wildman–Crippen MR) is 69.5 cm³/mol. The van der Waals surface area contributed by atoms with Crippen LogP contribution in [-0.2, 0) is 0 Å². The Morgan fingerprint density at radius 3 is 3.00 bits per heavy atom. The van der Waals surface area contributed by atoms with Crippen LogP contribution in [0, 0.1) is 0 Å². The van der Waals surface area contributed by atoms with E-state index in [1.54, 1.807) is 11.3 Å². The summed E-state index contributed by atoms with van der Waals surface area (Å²) in [6.45, 7) is 0.541. The number of aromatic amines is 1. The molecule has 1 atom stereocenters. The van der Waals surface area contributed by atoms with Crippen molar-refractivity contribution in [2.75, 3.05) is 20.6 Å². The maximum absolute atomic E-state index is 11.8. The molecule has 2 rings (SSSR count). The van der Waals surface area contributed by atoms with Crippen LogP contribution in [0.4, 0.5) is 0 Å². The summed E-state index contributed by atoms with van der Waals surface area (Å²) in [6, 6.07) is 4.24. The molecule has 1 unspecified atom stereocenters. The Bertz CT molecular complexity index is 480. The number of amides is 1. The van der Waals surface area contributed by atoms with Gasteiger partial charge < -0.3 is 10.2 Å². The molecule has 0 fully saturated rings. The largest absolute Gasteiger partial charge is 0.349 e. The van der Waals surface area contributed by atoms with Gasteiger partial charge in [0.2, 0.25) is 0 Å². The second kappa shape index (κ2) is 5.74. The summed E-state index contributed by atoms with van der Waals surface area (Å²) in [4.78, 5) is 15.1. The molecular formula is C11H15N5OS. The van der Waals surface area contributed by atoms with E-state index in [4.69, 9.17) is 0 Å². The highest BCUT2D eigenvalue weighted by Gasteiger charge is 2.17. The van der Waals surface area contributed by atoms with Gasteiger partial charge >= 0.3 is 0 Å². The maximum atomic E-state index is 11.8. The Labute approximate surface area is 109 Å². The Morgan fingerprint density at radius 1 is 1.61 bits per heavy atom. The summed E-state index contributed by atoms with van der Waals surface area (Å²) < 4.78 is 0. The number of likely N-dealkylation sites (N-methyl/N-ethyl adjacent to an activating group) is 1. The number of hydrogen-bond acceptors (Lipinski definition) is 5. The number of rotatable bonds is 5. The van der Waals surface area contributed by atoms with E-state index in [2.05, 4.69) is 31.7 Å². The lowest BCUT2D eigenvalue weighted by molar-refractivity contribution is 0.0937. The lowest BCUT2D eigenvalue weighted by Crippen LogP contribution is -2.34. The van der Waals surface area contributed by atoms with E-state index in [1.807, 2.05) is 25.5 Å². The smallest absolute Gasteiger partial charge is 0.273 e. The first-order valence-corrected chi connectivity index (χ1v) is 6.40. The molecule has 0 aromatic carbocycles. The average Bonchev–Trinajstić information content (AvgIpc) is 3.01. The zero-order valence-corrected chi connectivity index (χ0v) is 11.1. The molecule has 6 nitrogen and oxygen atoms in total. The molecule has 0 aliphatic carbocycles. The molecule has 0 aliphatic rings. The van der Waals surface area contributed by atoms with Crippen molar-refractivity contribution in [3.8, 4) is 0 Å². The van der Waals surface area contributed by atoms with Crippen molar-refractivity contribution in [1.82, 2.24) is 25.6 Å². The first-order valence-electron chi connectivity index (χ1n) is 5.52. The zero-order valence-electron chi connectivity index (χ0n) is 10.3. The number of hydrogen-bond donors (Lipinski definition) is 2. The zero-order chi connectivity index (χ0) is 13.0. The quantitative estimate of drug-likeness (QED) is 0.842. The van der Waals surface area contributed by atoms with E-state index in [0.717, 1.165) is 0 Å². The number of carbonyl (C=O) groups excluding carboxylic acids is 1. The number of nitrogens with one attached hydrogen (secondary N) is 2. The first-order chi connectivity index (χ1) is 8.68. The van der Waals surface area contributed by atoms with Crippen LogP contribution in [0.15, 0.2) is 23.7 Å². The number of aromatic nitrogens is 3. The van der Waals surface area contributed by atoms with Gasteiger partial charge in [-0.3, -0.25) is 4.79 Å². The second-order valence-corrected chi connectivity index (χ2v) is 5.04. The number of thiophene rings is 1. The van der Waals surface area contributed by atoms with Crippen molar-refractivity contribution in [3.05, 3.63) is 34.3 Å². The SMILES string of the molecule is CN(C)C(CNC(=O)c1cn[nH]n1)c1cccs1. The van der Waals surface area contributed by atoms with Gasteiger partial charge in [0.25, 0.3) is 5.91 Å². The van der Waals surface area contributed by atoms with Crippen molar-refractivity contribution in [3.63, 3.8) is 0 Å². The fourth-order valence-electron chi connectivity index (χ4n) is 1.61. The highest BCUT2D eigenvalue weighted by atomic mass is 32.1. The summed E-state index contributed by atoms with van der Waals surface area (Å²) in [5, 5.41) is 14.7. The number of nitrogens with zero attached hydrogens (tertiary/aromatic N) is 3. The molecule has 96 valence electrons. The highest BCUT2D eigenvalue weighted by Crippen LogP contribution is 2.22. The van der Waals surface area contributed by atoms with Gasteiger partial charge in [0, 0.05) is 11.4 Å². The monoisotopic (exact) mass is 265 g/mol. The van der Waals surface area contributed by atoms with Crippen LogP contribution < -0.4 is 5.32 Å². The number of H-pyrrole nitrogens is 1. The summed E-state index contributed by atoms with van der Waals surface area (Å²) in [5.74, 6) is -0.216. The van der Waals surface area contributed by atoms with Crippen LogP contribution in [0.2, 0.25) is 0 Å². The minimum atomic E-state index is -0.216. The molecule has 0 saturated carbocycles. The van der Waals surface area contributed by atoms with Crippen LogP contribution in [-0.4, -0.2) is 46.9 Å². The molecule has 2 heterocycles. The van der Waals surface area contributed by atoms with E-state index >= 15 is 0 Å². The molecule has 2 N–H and O–H groups in total. The molecule has 2 aromatic heterocycles. The summed E-state index contributed by atoms with van der Waals surface area (Å²) in [6.07, 6.45) is 1.41. The van der Waals surface area contributed by atoms with Crippen LogP contribution in [0.5, 0.6) is 0 Å². The van der Waals surface area contributed by atoms with Gasteiger partial charge in [0.05, 0.1) is 12.2 Å². The van der Waals surface area contributed by atoms with Crippen LogP contribution >= 0.6 is 11.3 Å². The van der Waals surface area contributed by atoms with Gasteiger partial charge in [-0.05, 0) is 25.5 Å². The van der Waals surface area contributed by atoms with Gasteiger partial charge in [-0.15, -0.1) is 11.3 Å². The second-order valence-electron chi connectivity index (χ2n) is 4.06. The Hall–Kier alpha value is -1.73. The third-order valence-corrected chi connectivity index (χ3v) is 3.57. The topological polar surface area (TPSA) is 73.9 Å². The maximum Gasteiger partial charge on any atom is 0.273 e. The minimum Gasteiger partial charge on any atom is -0.349 e. The van der Waals surface area contributed by atoms with Crippen LogP contribution in [0.25, 0.3) is 0 Å². The van der Waals surface area contributed by atoms with Gasteiger partial charge in [-0.1, -0.05) is 6.07 Å². The Balaban J connectivity index is 1.97. The van der Waals surface area contributed by atoms with Gasteiger partial charge in [0.15, 0.2) is 5.69 Å². The fourth-order valence-corrected chi connectivity index (χ4v) is 2.53. The lowest BCUT2D eigenvalue weighted by Gasteiger charge is -2.23. The molecule has 0 bridgehead atoms. The number of carbonyl (C=O) groups is 1. The lowest BCUT2D eigenvalue weighted by atomic mass is 10.2. The molecule has 18 heavy (non-hydrogen) atoms. The summed E-state index contributed by atoms with van der Waals surface area (Å²) in [5.41, 5.74) is 0.304. The van der Waals surface area contributed by atoms with E-state index in [9.17, 15) is 4.79 Å². The summed E-state index contributed by atoms with van der Waals surface area (Å²) >= 11 is 1.68. The molecule has 0 spiro atoms. The first kappa shape index (κ1) is 12.7. The van der Waals surface area contributed by atoms with E-state index < -0.39 is 0 Å². The minimum absolute atomic E-state index is 0.167. The molecule has 7 heteroatoms. The highest BCUT2D eigenvalue weighted by molar-refractivity contribution is 7.10. The van der Waals surface area contributed by atoms with Crippen molar-refractivity contribution in [2.24, 2.45) is 0 Å². The van der Waals surface area contributed by atoms with Crippen molar-refractivity contribution in [2.45, 2.75) is 6.04 Å². The van der Waals surface area contributed by atoms with Gasteiger partial charge in [0.1, 0.15) is 0 Å². The average molecular weight is 265 g/mol. The Kier molecular flexibility index (Phi) is 4.06. The van der Waals surface area contributed by atoms with Crippen molar-refractivity contribution < 1.29 is 4.79 Å². The van der Waals surface area contributed by atoms with E-state index in [0.29, 0.717) is 12.2 Å². The fraction of sp³-hybridized carbons (Fsp3) is 0.364. The van der Waals surface area contributed by atoms with Crippen LogP contribution in [0.3, 0.4) is 0 Å². The predicted octanol–water partition coefficient (Wildman–Crippen LogP) is 0.899. The third kappa shape index (κ3) is 2.93. The van der Waals surface area contributed by atoms with Gasteiger partial charge in [-0.25, -0.2) is 0 Å². The van der Waals surface area contributed by atoms with E-state index in [1.165, 1.54) is 11.1 Å². The molecule has 2 aromatic rings. The molecular weight excluding hydrogens is 250 g/mol. The third-order valence-electron chi connectivity index (χ3n) is 2.60. The normalized spacial score (nSPS) is 12.6. The van der Waals surface area contributed by atoms with Crippen molar-refractivity contribution in [1.29, 1.82) is 0 Å². The standard InChI is InChI=1S/C11H15N5OS/c1-16(2)9(10-4-3-5-18-10)7-12-11(17)8-6-13-15-14-8/h3-6,9H,7H2,1-2H3,(H,12,17)(H,13,14,15). The Morgan fingerprint density at radius 2 is 2.44 bits per heavy atom. The molecule has 1 amide bonds. The molecule has 0 aliphatic heterocycles. The molecule has 0 radical (unpaired) electrons. The van der Waals surface area contributed by atoms with E-state index in [-0.39, 0.29) is 11.9 Å². The van der Waals surface area contributed by atoms with Crippen molar-refractivity contribution >= 4 is 17.2 Å². The van der Waals surface area contributed by atoms with Gasteiger partial charge in [-0.2, -0.15) is 15.4 Å². The summed E-state index contributed by atoms with van der Waals surface area (Å²) in [7, 11) is 3.99. The molecule has 0 saturated heterocycles. The van der Waals surface area contributed by atoms with Crippen LogP contribution in [0.1, 0.15) is 21.4 Å².